The van der Waals surface area contributed by atoms with E-state index in [4.69, 9.17) is 0 Å². The molecule has 0 radical (unpaired) electrons. The van der Waals surface area contributed by atoms with Gasteiger partial charge in [0.25, 0.3) is 0 Å². The van der Waals surface area contributed by atoms with E-state index in [1.165, 1.54) is 24.8 Å². The second-order valence-corrected chi connectivity index (χ2v) is 7.33. The van der Waals surface area contributed by atoms with E-state index in [0.717, 1.165) is 17.9 Å². The SMILES string of the molecule is CC(C)(C)c1ccc(C2(O)CC3CCC2C3)cc1. The Bertz CT molecular complexity index is 440. The molecule has 3 atom stereocenters. The first-order valence-corrected chi connectivity index (χ1v) is 7.23. The fourth-order valence-corrected chi connectivity index (χ4v) is 3.91. The fourth-order valence-electron chi connectivity index (χ4n) is 3.91. The van der Waals surface area contributed by atoms with Crippen molar-refractivity contribution in [2.75, 3.05) is 0 Å². The monoisotopic (exact) mass is 244 g/mol. The van der Waals surface area contributed by atoms with Crippen molar-refractivity contribution in [3.8, 4) is 0 Å². The normalized spacial score (nSPS) is 35.1. The van der Waals surface area contributed by atoms with Crippen molar-refractivity contribution in [1.82, 2.24) is 0 Å². The quantitative estimate of drug-likeness (QED) is 0.792. The van der Waals surface area contributed by atoms with Gasteiger partial charge in [-0.15, -0.1) is 0 Å². The van der Waals surface area contributed by atoms with Crippen LogP contribution in [0.4, 0.5) is 0 Å². The summed E-state index contributed by atoms with van der Waals surface area (Å²) in [6.07, 6.45) is 4.75. The lowest BCUT2D eigenvalue weighted by Crippen LogP contribution is -2.32. The van der Waals surface area contributed by atoms with Crippen LogP contribution in [-0.4, -0.2) is 5.11 Å². The molecule has 0 aliphatic heterocycles. The van der Waals surface area contributed by atoms with Crippen molar-refractivity contribution in [3.05, 3.63) is 35.4 Å². The highest BCUT2D eigenvalue weighted by Gasteiger charge is 2.50. The van der Waals surface area contributed by atoms with Crippen molar-refractivity contribution in [3.63, 3.8) is 0 Å². The summed E-state index contributed by atoms with van der Waals surface area (Å²) in [6, 6.07) is 8.70. The average Bonchev–Trinajstić information content (AvgIpc) is 2.88. The molecule has 2 aliphatic carbocycles. The third kappa shape index (κ3) is 1.80. The van der Waals surface area contributed by atoms with E-state index in [0.29, 0.717) is 5.92 Å². The molecule has 3 rings (SSSR count). The summed E-state index contributed by atoms with van der Waals surface area (Å²) in [7, 11) is 0. The van der Waals surface area contributed by atoms with E-state index in [-0.39, 0.29) is 5.41 Å². The van der Waals surface area contributed by atoms with Gasteiger partial charge in [0.05, 0.1) is 5.60 Å². The van der Waals surface area contributed by atoms with Gasteiger partial charge in [-0.2, -0.15) is 0 Å². The summed E-state index contributed by atoms with van der Waals surface area (Å²) in [5.74, 6) is 1.27. The molecular formula is C17H24O. The van der Waals surface area contributed by atoms with Crippen LogP contribution in [-0.2, 0) is 11.0 Å². The molecule has 0 heterocycles. The highest BCUT2D eigenvalue weighted by atomic mass is 16.3. The summed E-state index contributed by atoms with van der Waals surface area (Å²) in [4.78, 5) is 0. The average molecular weight is 244 g/mol. The largest absolute Gasteiger partial charge is 0.385 e. The standard InChI is InChI=1S/C17H24O/c1-16(2,3)13-6-8-14(9-7-13)17(18)11-12-4-5-15(17)10-12/h6-9,12,15,18H,4-5,10-11H2,1-3H3. The first-order chi connectivity index (χ1) is 8.39. The lowest BCUT2D eigenvalue weighted by atomic mass is 9.77. The molecule has 0 aromatic heterocycles. The minimum absolute atomic E-state index is 0.190. The van der Waals surface area contributed by atoms with E-state index in [9.17, 15) is 5.11 Å². The lowest BCUT2D eigenvalue weighted by Gasteiger charge is -2.33. The number of hydrogen-bond donors (Lipinski definition) is 1. The van der Waals surface area contributed by atoms with Crippen LogP contribution < -0.4 is 0 Å². The minimum Gasteiger partial charge on any atom is -0.385 e. The third-order valence-electron chi connectivity index (χ3n) is 5.07. The predicted octanol–water partition coefficient (Wildman–Crippen LogP) is 3.99. The molecule has 1 heteroatoms. The van der Waals surface area contributed by atoms with Gasteiger partial charge in [-0.1, -0.05) is 45.0 Å². The molecule has 0 saturated heterocycles. The van der Waals surface area contributed by atoms with Crippen LogP contribution in [0.2, 0.25) is 0 Å². The molecule has 1 nitrogen and oxygen atoms in total. The van der Waals surface area contributed by atoms with Gasteiger partial charge in [-0.3, -0.25) is 0 Å². The molecule has 18 heavy (non-hydrogen) atoms. The molecule has 1 aromatic rings. The van der Waals surface area contributed by atoms with Crippen LogP contribution in [0.1, 0.15) is 57.6 Å². The van der Waals surface area contributed by atoms with Crippen LogP contribution >= 0.6 is 0 Å². The molecule has 2 aliphatic rings. The van der Waals surface area contributed by atoms with Gasteiger partial charge < -0.3 is 5.11 Å². The predicted molar refractivity (Wildman–Crippen MR) is 74.5 cm³/mol. The molecular weight excluding hydrogens is 220 g/mol. The number of benzene rings is 1. The van der Waals surface area contributed by atoms with E-state index in [1.807, 2.05) is 0 Å². The van der Waals surface area contributed by atoms with E-state index in [1.54, 1.807) is 0 Å². The Hall–Kier alpha value is -0.820. The molecule has 0 amide bonds. The number of aliphatic hydroxyl groups is 1. The van der Waals surface area contributed by atoms with Crippen LogP contribution in [0.25, 0.3) is 0 Å². The van der Waals surface area contributed by atoms with E-state index in [2.05, 4.69) is 45.0 Å². The van der Waals surface area contributed by atoms with Crippen LogP contribution in [0, 0.1) is 11.8 Å². The van der Waals surface area contributed by atoms with Crippen molar-refractivity contribution < 1.29 is 5.11 Å². The highest BCUT2D eigenvalue weighted by molar-refractivity contribution is 5.32. The molecule has 2 fully saturated rings. The molecule has 3 unspecified atom stereocenters. The van der Waals surface area contributed by atoms with Crippen molar-refractivity contribution >= 4 is 0 Å². The van der Waals surface area contributed by atoms with Gasteiger partial charge in [0.15, 0.2) is 0 Å². The van der Waals surface area contributed by atoms with Crippen molar-refractivity contribution in [2.24, 2.45) is 11.8 Å². The Balaban J connectivity index is 1.90. The number of hydrogen-bond acceptors (Lipinski definition) is 1. The summed E-state index contributed by atoms with van der Waals surface area (Å²) in [5, 5.41) is 10.9. The van der Waals surface area contributed by atoms with Crippen LogP contribution in [0.15, 0.2) is 24.3 Å². The molecule has 98 valence electrons. The zero-order valence-corrected chi connectivity index (χ0v) is 11.7. The second kappa shape index (κ2) is 3.84. The Kier molecular flexibility index (Phi) is 2.60. The lowest BCUT2D eigenvalue weighted by molar-refractivity contribution is -0.0182. The van der Waals surface area contributed by atoms with Crippen molar-refractivity contribution in [1.29, 1.82) is 0 Å². The molecule has 0 spiro atoms. The number of fused-ring (bicyclic) bond motifs is 2. The summed E-state index contributed by atoms with van der Waals surface area (Å²) in [5.41, 5.74) is 2.15. The molecule has 1 N–H and O–H groups in total. The van der Waals surface area contributed by atoms with E-state index >= 15 is 0 Å². The minimum atomic E-state index is -0.528. The van der Waals surface area contributed by atoms with Gasteiger partial charge in [0, 0.05) is 0 Å². The van der Waals surface area contributed by atoms with Gasteiger partial charge in [-0.05, 0) is 54.1 Å². The maximum atomic E-state index is 10.9. The molecule has 1 aromatic carbocycles. The summed E-state index contributed by atoms with van der Waals surface area (Å²) < 4.78 is 0. The summed E-state index contributed by atoms with van der Waals surface area (Å²) in [6.45, 7) is 6.69. The number of rotatable bonds is 1. The first-order valence-electron chi connectivity index (χ1n) is 7.23. The molecule has 2 bridgehead atoms. The van der Waals surface area contributed by atoms with Gasteiger partial charge in [0.2, 0.25) is 0 Å². The van der Waals surface area contributed by atoms with Crippen LogP contribution in [0.3, 0.4) is 0 Å². The van der Waals surface area contributed by atoms with Crippen molar-refractivity contribution in [2.45, 2.75) is 57.5 Å². The fraction of sp³-hybridized carbons (Fsp3) is 0.647. The maximum Gasteiger partial charge on any atom is 0.0927 e. The highest BCUT2D eigenvalue weighted by Crippen LogP contribution is 2.55. The van der Waals surface area contributed by atoms with Gasteiger partial charge in [0.1, 0.15) is 0 Å². The zero-order valence-electron chi connectivity index (χ0n) is 11.7. The second-order valence-electron chi connectivity index (χ2n) is 7.33. The first kappa shape index (κ1) is 12.2. The molecule has 2 saturated carbocycles. The Morgan fingerprint density at radius 2 is 1.78 bits per heavy atom. The van der Waals surface area contributed by atoms with Crippen LogP contribution in [0.5, 0.6) is 0 Å². The Morgan fingerprint density at radius 1 is 1.11 bits per heavy atom. The van der Waals surface area contributed by atoms with Gasteiger partial charge >= 0.3 is 0 Å². The summed E-state index contributed by atoms with van der Waals surface area (Å²) >= 11 is 0. The van der Waals surface area contributed by atoms with Gasteiger partial charge in [-0.25, -0.2) is 0 Å². The Labute approximate surface area is 110 Å². The zero-order chi connectivity index (χ0) is 13.0. The smallest absolute Gasteiger partial charge is 0.0927 e. The van der Waals surface area contributed by atoms with E-state index < -0.39 is 5.60 Å². The topological polar surface area (TPSA) is 20.2 Å². The Morgan fingerprint density at radius 3 is 2.22 bits per heavy atom. The maximum absolute atomic E-state index is 10.9. The third-order valence-corrected chi connectivity index (χ3v) is 5.07.